The minimum atomic E-state index is -1.23. The SMILES string of the molecule is O=C(NN1C(=O)CSC1c1ccccc1F)c1c(O)c(F)cc(-c2ccccc2)c1F. The number of amides is 2. The van der Waals surface area contributed by atoms with Crippen molar-refractivity contribution in [3.8, 4) is 16.9 Å². The number of benzene rings is 3. The molecular weight excluding hydrogens is 429 g/mol. The van der Waals surface area contributed by atoms with Crippen molar-refractivity contribution in [3.63, 3.8) is 0 Å². The van der Waals surface area contributed by atoms with E-state index in [1.54, 1.807) is 24.3 Å². The minimum absolute atomic E-state index is 0.0494. The lowest BCUT2D eigenvalue weighted by molar-refractivity contribution is -0.130. The fourth-order valence-corrected chi connectivity index (χ4v) is 4.40. The quantitative estimate of drug-likeness (QED) is 0.626. The van der Waals surface area contributed by atoms with Crippen LogP contribution < -0.4 is 5.43 Å². The van der Waals surface area contributed by atoms with Crippen LogP contribution in [0, 0.1) is 17.5 Å². The van der Waals surface area contributed by atoms with Gasteiger partial charge in [0.15, 0.2) is 11.6 Å². The van der Waals surface area contributed by atoms with Crippen LogP contribution in [-0.2, 0) is 4.79 Å². The van der Waals surface area contributed by atoms with Crippen LogP contribution in [0.25, 0.3) is 11.1 Å². The molecule has 3 aromatic rings. The summed E-state index contributed by atoms with van der Waals surface area (Å²) in [6.45, 7) is 0. The zero-order chi connectivity index (χ0) is 22.1. The molecule has 1 unspecified atom stereocenters. The fourth-order valence-electron chi connectivity index (χ4n) is 3.27. The highest BCUT2D eigenvalue weighted by molar-refractivity contribution is 8.00. The Balaban J connectivity index is 1.71. The summed E-state index contributed by atoms with van der Waals surface area (Å²) >= 11 is 1.07. The monoisotopic (exact) mass is 444 g/mol. The van der Waals surface area contributed by atoms with Crippen molar-refractivity contribution in [3.05, 3.63) is 89.2 Å². The fraction of sp³-hybridized carbons (Fsp3) is 0.0909. The Morgan fingerprint density at radius 2 is 1.71 bits per heavy atom. The van der Waals surface area contributed by atoms with Gasteiger partial charge in [0.25, 0.3) is 11.8 Å². The smallest absolute Gasteiger partial charge is 0.276 e. The van der Waals surface area contributed by atoms with Crippen LogP contribution >= 0.6 is 11.8 Å². The molecular formula is C22H15F3N2O3S. The predicted octanol–water partition coefficient (Wildman–Crippen LogP) is 4.40. The number of nitrogens with one attached hydrogen (secondary N) is 1. The van der Waals surface area contributed by atoms with E-state index in [1.165, 1.54) is 30.3 Å². The summed E-state index contributed by atoms with van der Waals surface area (Å²) in [4.78, 5) is 25.1. The molecule has 0 aromatic heterocycles. The first-order valence-corrected chi connectivity index (χ1v) is 10.2. The van der Waals surface area contributed by atoms with Crippen molar-refractivity contribution in [1.29, 1.82) is 0 Å². The molecule has 4 rings (SSSR count). The van der Waals surface area contributed by atoms with Crippen LogP contribution in [0.2, 0.25) is 0 Å². The van der Waals surface area contributed by atoms with Gasteiger partial charge in [-0.25, -0.2) is 18.2 Å². The maximum atomic E-state index is 15.1. The largest absolute Gasteiger partial charge is 0.504 e. The predicted molar refractivity (Wildman–Crippen MR) is 109 cm³/mol. The van der Waals surface area contributed by atoms with Crippen molar-refractivity contribution in [2.75, 3.05) is 5.75 Å². The molecule has 1 fully saturated rings. The molecule has 9 heteroatoms. The number of carbonyl (C=O) groups excluding carboxylic acids is 2. The summed E-state index contributed by atoms with van der Waals surface area (Å²) in [5.41, 5.74) is 1.46. The van der Waals surface area contributed by atoms with E-state index in [2.05, 4.69) is 5.43 Å². The number of aromatic hydroxyl groups is 1. The number of hydrogen-bond acceptors (Lipinski definition) is 4. The summed E-state index contributed by atoms with van der Waals surface area (Å²) in [6, 6.07) is 14.5. The highest BCUT2D eigenvalue weighted by Crippen LogP contribution is 2.39. The molecule has 1 heterocycles. The number of nitrogens with zero attached hydrogens (tertiary/aromatic N) is 1. The molecule has 1 saturated heterocycles. The Kier molecular flexibility index (Phi) is 5.60. The van der Waals surface area contributed by atoms with Gasteiger partial charge in [-0.05, 0) is 17.7 Å². The number of carbonyl (C=O) groups is 2. The molecule has 31 heavy (non-hydrogen) atoms. The summed E-state index contributed by atoms with van der Waals surface area (Å²) < 4.78 is 43.7. The molecule has 0 bridgehead atoms. The second-order valence-electron chi connectivity index (χ2n) is 6.70. The lowest BCUT2D eigenvalue weighted by atomic mass is 10.0. The number of rotatable bonds is 4. The third-order valence-corrected chi connectivity index (χ3v) is 5.96. The van der Waals surface area contributed by atoms with E-state index in [1.807, 2.05) is 0 Å². The normalized spacial score (nSPS) is 15.9. The second kappa shape index (κ2) is 8.35. The number of phenols is 1. The summed E-state index contributed by atoms with van der Waals surface area (Å²) in [5, 5.41) is 10.0. The van der Waals surface area contributed by atoms with Crippen LogP contribution in [0.1, 0.15) is 21.3 Å². The first-order chi connectivity index (χ1) is 14.9. The van der Waals surface area contributed by atoms with Gasteiger partial charge in [-0.2, -0.15) is 0 Å². The molecule has 1 atom stereocenters. The van der Waals surface area contributed by atoms with E-state index >= 15 is 4.39 Å². The van der Waals surface area contributed by atoms with Crippen LogP contribution in [0.3, 0.4) is 0 Å². The number of thioether (sulfide) groups is 1. The first-order valence-electron chi connectivity index (χ1n) is 9.14. The molecule has 1 aliphatic heterocycles. The second-order valence-corrected chi connectivity index (χ2v) is 7.77. The zero-order valence-electron chi connectivity index (χ0n) is 15.8. The Labute approximate surface area is 179 Å². The van der Waals surface area contributed by atoms with Crippen LogP contribution in [0.4, 0.5) is 13.2 Å². The highest BCUT2D eigenvalue weighted by Gasteiger charge is 2.37. The van der Waals surface area contributed by atoms with Crippen molar-refractivity contribution >= 4 is 23.6 Å². The Hall–Kier alpha value is -3.46. The molecule has 3 aromatic carbocycles. The average Bonchev–Trinajstić information content (AvgIpc) is 3.12. The van der Waals surface area contributed by atoms with Gasteiger partial charge in [0.05, 0.1) is 5.75 Å². The maximum Gasteiger partial charge on any atom is 0.276 e. The molecule has 2 amide bonds. The van der Waals surface area contributed by atoms with Gasteiger partial charge in [-0.15, -0.1) is 11.8 Å². The van der Waals surface area contributed by atoms with Crippen molar-refractivity contribution in [2.24, 2.45) is 0 Å². The van der Waals surface area contributed by atoms with E-state index in [4.69, 9.17) is 0 Å². The van der Waals surface area contributed by atoms with Gasteiger partial charge in [-0.3, -0.25) is 15.0 Å². The zero-order valence-corrected chi connectivity index (χ0v) is 16.6. The number of halogens is 3. The molecule has 0 aliphatic carbocycles. The third kappa shape index (κ3) is 3.84. The molecule has 0 spiro atoms. The Morgan fingerprint density at radius 1 is 1.03 bits per heavy atom. The van der Waals surface area contributed by atoms with Gasteiger partial charge in [-0.1, -0.05) is 48.5 Å². The molecule has 158 valence electrons. The third-order valence-electron chi connectivity index (χ3n) is 4.76. The molecule has 2 N–H and O–H groups in total. The summed E-state index contributed by atoms with van der Waals surface area (Å²) in [5.74, 6) is -5.94. The van der Waals surface area contributed by atoms with Gasteiger partial charge in [0.2, 0.25) is 0 Å². The standard InChI is InChI=1S/C22H15F3N2O3S/c23-15-9-5-4-8-13(15)22-27(17(28)11-31-22)26-21(30)18-19(25)14(10-16(24)20(18)29)12-6-2-1-3-7-12/h1-10,22,29H,11H2,(H,26,30). The maximum absolute atomic E-state index is 15.1. The topological polar surface area (TPSA) is 69.6 Å². The summed E-state index contributed by atoms with van der Waals surface area (Å²) in [7, 11) is 0. The van der Waals surface area contributed by atoms with Gasteiger partial charge in [0, 0.05) is 11.1 Å². The lowest BCUT2D eigenvalue weighted by Crippen LogP contribution is -2.45. The van der Waals surface area contributed by atoms with Crippen molar-refractivity contribution in [2.45, 2.75) is 5.37 Å². The summed E-state index contributed by atoms with van der Waals surface area (Å²) in [6.07, 6.45) is 0. The molecule has 0 radical (unpaired) electrons. The molecule has 0 saturated carbocycles. The Bertz CT molecular complexity index is 1170. The van der Waals surface area contributed by atoms with E-state index in [0.29, 0.717) is 5.56 Å². The number of hydrazine groups is 1. The van der Waals surface area contributed by atoms with E-state index in [0.717, 1.165) is 22.8 Å². The number of hydrogen-bond donors (Lipinski definition) is 2. The van der Waals surface area contributed by atoms with Crippen LogP contribution in [-0.4, -0.2) is 27.7 Å². The van der Waals surface area contributed by atoms with E-state index in [-0.39, 0.29) is 16.9 Å². The molecule has 1 aliphatic rings. The van der Waals surface area contributed by atoms with Crippen LogP contribution in [0.15, 0.2) is 60.7 Å². The van der Waals surface area contributed by atoms with Gasteiger partial charge < -0.3 is 5.11 Å². The Morgan fingerprint density at radius 3 is 2.42 bits per heavy atom. The number of phenolic OH excluding ortho intramolecular Hbond substituents is 1. The van der Waals surface area contributed by atoms with E-state index in [9.17, 15) is 23.5 Å². The van der Waals surface area contributed by atoms with Crippen LogP contribution in [0.5, 0.6) is 5.75 Å². The van der Waals surface area contributed by atoms with Crippen molar-refractivity contribution < 1.29 is 27.9 Å². The first kappa shape index (κ1) is 20.8. The van der Waals surface area contributed by atoms with Gasteiger partial charge in [0.1, 0.15) is 22.6 Å². The van der Waals surface area contributed by atoms with Gasteiger partial charge >= 0.3 is 0 Å². The lowest BCUT2D eigenvalue weighted by Gasteiger charge is -2.25. The van der Waals surface area contributed by atoms with E-state index < -0.39 is 46.0 Å². The highest BCUT2D eigenvalue weighted by atomic mass is 32.2. The van der Waals surface area contributed by atoms with Crippen molar-refractivity contribution in [1.82, 2.24) is 10.4 Å². The molecule has 5 nitrogen and oxygen atoms in total. The average molecular weight is 444 g/mol. The minimum Gasteiger partial charge on any atom is -0.504 e.